The maximum absolute atomic E-state index is 12.9. The summed E-state index contributed by atoms with van der Waals surface area (Å²) in [4.78, 5) is 0. The van der Waals surface area contributed by atoms with Gasteiger partial charge in [-0.25, -0.2) is 13.8 Å². The Morgan fingerprint density at radius 1 is 1.64 bits per heavy atom. The first-order valence-corrected chi connectivity index (χ1v) is 3.46. The molecule has 1 aliphatic rings. The topological polar surface area (TPSA) is 38.5 Å². The van der Waals surface area contributed by atoms with Crippen LogP contribution in [0.4, 0.5) is 8.78 Å². The largest absolute Gasteiger partial charge is 0.375 e. The first kappa shape index (κ1) is 8.83. The maximum Gasteiger partial charge on any atom is 0.287 e. The van der Waals surface area contributed by atoms with E-state index in [0.29, 0.717) is 13.0 Å². The van der Waals surface area contributed by atoms with Crippen LogP contribution in [0.15, 0.2) is 0 Å². The number of hydrogen-bond donors (Lipinski definition) is 1. The molecule has 0 amide bonds. The van der Waals surface area contributed by atoms with E-state index in [9.17, 15) is 8.78 Å². The molecule has 1 saturated heterocycles. The number of hydrazine groups is 1. The van der Waals surface area contributed by atoms with Gasteiger partial charge in [0.15, 0.2) is 0 Å². The lowest BCUT2D eigenvalue weighted by Gasteiger charge is -2.34. The second-order valence-corrected chi connectivity index (χ2v) is 2.74. The smallest absolute Gasteiger partial charge is 0.287 e. The molecule has 0 aliphatic carbocycles. The average molecular weight is 166 g/mol. The van der Waals surface area contributed by atoms with Crippen molar-refractivity contribution in [1.29, 1.82) is 0 Å². The van der Waals surface area contributed by atoms with Gasteiger partial charge >= 0.3 is 0 Å². The lowest BCUT2D eigenvalue weighted by molar-refractivity contribution is -0.162. The van der Waals surface area contributed by atoms with Crippen LogP contribution in [0.2, 0.25) is 0 Å². The molecule has 1 fully saturated rings. The van der Waals surface area contributed by atoms with Crippen LogP contribution in [0.1, 0.15) is 6.42 Å². The zero-order valence-electron chi connectivity index (χ0n) is 6.39. The first-order valence-electron chi connectivity index (χ1n) is 3.46. The highest BCUT2D eigenvalue weighted by molar-refractivity contribution is 4.85. The minimum Gasteiger partial charge on any atom is -0.375 e. The van der Waals surface area contributed by atoms with E-state index in [0.717, 1.165) is 5.01 Å². The number of rotatable bonds is 1. The third-order valence-corrected chi connectivity index (χ3v) is 1.85. The number of hydrogen-bond acceptors (Lipinski definition) is 3. The summed E-state index contributed by atoms with van der Waals surface area (Å²) in [7, 11) is 1.30. The highest BCUT2D eigenvalue weighted by Crippen LogP contribution is 2.27. The number of methoxy groups -OCH3 is 1. The van der Waals surface area contributed by atoms with Gasteiger partial charge in [0.1, 0.15) is 6.10 Å². The van der Waals surface area contributed by atoms with Gasteiger partial charge in [0.25, 0.3) is 5.92 Å². The van der Waals surface area contributed by atoms with Crippen LogP contribution in [0, 0.1) is 0 Å². The van der Waals surface area contributed by atoms with Crippen LogP contribution in [0.25, 0.3) is 0 Å². The Balaban J connectivity index is 2.56. The van der Waals surface area contributed by atoms with Gasteiger partial charge < -0.3 is 4.74 Å². The second-order valence-electron chi connectivity index (χ2n) is 2.74. The number of ether oxygens (including phenoxy) is 1. The third-order valence-electron chi connectivity index (χ3n) is 1.85. The Labute approximate surface area is 64.1 Å². The molecule has 3 nitrogen and oxygen atoms in total. The molecule has 1 atom stereocenters. The molecule has 11 heavy (non-hydrogen) atoms. The fourth-order valence-electron chi connectivity index (χ4n) is 1.24. The maximum atomic E-state index is 12.9. The summed E-state index contributed by atoms with van der Waals surface area (Å²) in [6, 6.07) is 0. The minimum atomic E-state index is -2.80. The van der Waals surface area contributed by atoms with Crippen molar-refractivity contribution >= 4 is 0 Å². The van der Waals surface area contributed by atoms with Crippen molar-refractivity contribution in [2.45, 2.75) is 18.4 Å². The van der Waals surface area contributed by atoms with E-state index in [2.05, 4.69) is 4.74 Å². The van der Waals surface area contributed by atoms with Crippen molar-refractivity contribution < 1.29 is 13.5 Å². The van der Waals surface area contributed by atoms with Crippen molar-refractivity contribution in [3.8, 4) is 0 Å². The lowest BCUT2D eigenvalue weighted by atomic mass is 10.1. The zero-order chi connectivity index (χ0) is 8.48. The molecule has 66 valence electrons. The van der Waals surface area contributed by atoms with E-state index in [4.69, 9.17) is 5.84 Å². The SMILES string of the molecule is COC1CCN(N)CC1(F)F. The van der Waals surface area contributed by atoms with Gasteiger partial charge in [-0.15, -0.1) is 0 Å². The summed E-state index contributed by atoms with van der Waals surface area (Å²) in [6.07, 6.45) is -0.678. The van der Waals surface area contributed by atoms with Crippen LogP contribution in [-0.2, 0) is 4.74 Å². The minimum absolute atomic E-state index is 0.292. The van der Waals surface area contributed by atoms with Gasteiger partial charge in [0.2, 0.25) is 0 Å². The summed E-state index contributed by atoms with van der Waals surface area (Å²) in [5.41, 5.74) is 0. The number of piperidine rings is 1. The Morgan fingerprint density at radius 2 is 2.27 bits per heavy atom. The Morgan fingerprint density at radius 3 is 2.73 bits per heavy atom. The van der Waals surface area contributed by atoms with Gasteiger partial charge in [0, 0.05) is 13.7 Å². The molecule has 1 heterocycles. The summed E-state index contributed by atoms with van der Waals surface area (Å²) in [5.74, 6) is 2.42. The molecule has 0 aromatic carbocycles. The molecule has 0 spiro atoms. The van der Waals surface area contributed by atoms with Crippen LogP contribution >= 0.6 is 0 Å². The van der Waals surface area contributed by atoms with Crippen LogP contribution in [0.5, 0.6) is 0 Å². The van der Waals surface area contributed by atoms with Crippen molar-refractivity contribution in [3.05, 3.63) is 0 Å². The van der Waals surface area contributed by atoms with Gasteiger partial charge in [-0.2, -0.15) is 0 Å². The lowest BCUT2D eigenvalue weighted by Crippen LogP contribution is -2.54. The monoisotopic (exact) mass is 166 g/mol. The van der Waals surface area contributed by atoms with Crippen molar-refractivity contribution in [3.63, 3.8) is 0 Å². The van der Waals surface area contributed by atoms with Crippen LogP contribution in [0.3, 0.4) is 0 Å². The number of halogens is 2. The van der Waals surface area contributed by atoms with E-state index in [1.165, 1.54) is 7.11 Å². The highest BCUT2D eigenvalue weighted by Gasteiger charge is 2.44. The summed E-state index contributed by atoms with van der Waals surface area (Å²) < 4.78 is 30.4. The van der Waals surface area contributed by atoms with Crippen molar-refractivity contribution in [1.82, 2.24) is 5.01 Å². The highest BCUT2D eigenvalue weighted by atomic mass is 19.3. The van der Waals surface area contributed by atoms with Crippen LogP contribution in [-0.4, -0.2) is 37.2 Å². The molecule has 0 aromatic heterocycles. The first-order chi connectivity index (χ1) is 5.06. The molecule has 0 bridgehead atoms. The molecule has 1 aliphatic heterocycles. The summed E-state index contributed by atoms with van der Waals surface area (Å²) >= 11 is 0. The van der Waals surface area contributed by atoms with Crippen LogP contribution < -0.4 is 5.84 Å². The van der Waals surface area contributed by atoms with Gasteiger partial charge in [-0.05, 0) is 6.42 Å². The third kappa shape index (κ3) is 1.85. The standard InChI is InChI=1S/C6H12F2N2O/c1-11-5-2-3-10(9)4-6(5,7)8/h5H,2-4,9H2,1H3. The molecule has 1 rings (SSSR count). The van der Waals surface area contributed by atoms with Gasteiger partial charge in [-0.1, -0.05) is 0 Å². The van der Waals surface area contributed by atoms with E-state index in [1.54, 1.807) is 0 Å². The fraction of sp³-hybridized carbons (Fsp3) is 1.00. The van der Waals surface area contributed by atoms with Crippen molar-refractivity contribution in [2.24, 2.45) is 5.84 Å². The number of nitrogens with zero attached hydrogens (tertiary/aromatic N) is 1. The molecule has 0 radical (unpaired) electrons. The Bertz CT molecular complexity index is 143. The number of nitrogens with two attached hydrogens (primary N) is 1. The van der Waals surface area contributed by atoms with E-state index in [-0.39, 0.29) is 0 Å². The van der Waals surface area contributed by atoms with E-state index in [1.807, 2.05) is 0 Å². The summed E-state index contributed by atoms with van der Waals surface area (Å²) in [5, 5.41) is 1.12. The van der Waals surface area contributed by atoms with E-state index >= 15 is 0 Å². The molecule has 1 unspecified atom stereocenters. The van der Waals surface area contributed by atoms with E-state index < -0.39 is 18.6 Å². The molecular weight excluding hydrogens is 154 g/mol. The normalized spacial score (nSPS) is 32.2. The quantitative estimate of drug-likeness (QED) is 0.566. The second kappa shape index (κ2) is 3.00. The molecule has 5 heteroatoms. The average Bonchev–Trinajstić information content (AvgIpc) is 1.85. The van der Waals surface area contributed by atoms with Crippen molar-refractivity contribution in [2.75, 3.05) is 20.2 Å². The van der Waals surface area contributed by atoms with Gasteiger partial charge in [0.05, 0.1) is 6.54 Å². The zero-order valence-corrected chi connectivity index (χ0v) is 6.39. The Hall–Kier alpha value is -0.260. The summed E-state index contributed by atoms with van der Waals surface area (Å²) in [6.45, 7) is 0.0552. The predicted molar refractivity (Wildman–Crippen MR) is 36.1 cm³/mol. The molecular formula is C6H12F2N2O. The van der Waals surface area contributed by atoms with Gasteiger partial charge in [-0.3, -0.25) is 5.84 Å². The molecule has 0 saturated carbocycles. The molecule has 2 N–H and O–H groups in total. The predicted octanol–water partition coefficient (Wildman–Crippen LogP) is 0.216. The molecule has 0 aromatic rings. The Kier molecular flexibility index (Phi) is 2.41. The fourth-order valence-corrected chi connectivity index (χ4v) is 1.24. The number of alkyl halides is 2.